The number of fused-ring (bicyclic) bond motifs is 3. The highest BCUT2D eigenvalue weighted by atomic mass is 35.5. The maximum absolute atomic E-state index is 14.0. The second-order valence-corrected chi connectivity index (χ2v) is 11.0. The maximum Gasteiger partial charge on any atom is 0.255 e. The van der Waals surface area contributed by atoms with Crippen molar-refractivity contribution in [2.24, 2.45) is 17.6 Å². The number of carbonyl (C=O) groups is 4. The number of nitrogens with zero attached hydrogens (tertiary/aromatic N) is 2. The third-order valence-corrected chi connectivity index (χ3v) is 8.03. The molecule has 0 saturated heterocycles. The lowest BCUT2D eigenvalue weighted by Crippen LogP contribution is -2.65. The van der Waals surface area contributed by atoms with Crippen LogP contribution in [0.1, 0.15) is 17.5 Å². The van der Waals surface area contributed by atoms with Gasteiger partial charge in [0.15, 0.2) is 11.4 Å². The summed E-state index contributed by atoms with van der Waals surface area (Å²) < 4.78 is 0. The quantitative estimate of drug-likeness (QED) is 0.0904. The Morgan fingerprint density at radius 1 is 1.16 bits per heavy atom. The highest BCUT2D eigenvalue weighted by Crippen LogP contribution is 2.54. The van der Waals surface area contributed by atoms with Gasteiger partial charge in [0.1, 0.15) is 22.8 Å². The molecule has 2 amide bonds. The van der Waals surface area contributed by atoms with Crippen LogP contribution in [0.5, 0.6) is 5.75 Å². The average molecular weight is 643 g/mol. The zero-order valence-electron chi connectivity index (χ0n) is 24.1. The number of nitrogens with one attached hydrogen (secondary N) is 2. The summed E-state index contributed by atoms with van der Waals surface area (Å²) >= 11 is 0. The fourth-order valence-corrected chi connectivity index (χ4v) is 6.27. The summed E-state index contributed by atoms with van der Waals surface area (Å²) in [6.45, 7) is 3.87. The Morgan fingerprint density at radius 3 is 2.33 bits per heavy atom. The summed E-state index contributed by atoms with van der Waals surface area (Å²) in [6, 6.07) is 0.390. The van der Waals surface area contributed by atoms with E-state index in [9.17, 15) is 39.6 Å². The summed E-state index contributed by atoms with van der Waals surface area (Å²) in [6.07, 6.45) is 1.69. The molecule has 0 heterocycles. The Bertz CT molecular complexity index is 1440. The van der Waals surface area contributed by atoms with E-state index in [1.54, 1.807) is 45.2 Å². The molecule has 0 radical (unpaired) electrons. The van der Waals surface area contributed by atoms with Gasteiger partial charge < -0.3 is 41.7 Å². The largest absolute Gasteiger partial charge is 0.508 e. The van der Waals surface area contributed by atoms with Crippen molar-refractivity contribution in [3.8, 4) is 5.75 Å². The van der Waals surface area contributed by atoms with Crippen LogP contribution in [0.4, 0.5) is 11.4 Å². The number of phenolic OH excluding ortho intramolecular Hbond substituents is 1. The molecular formula is C28H37Cl2N5O8. The molecule has 236 valence electrons. The number of likely N-dealkylation sites (N-methyl/N-ethyl adjacent to an activating group) is 1. The molecule has 1 saturated carbocycles. The molecule has 1 fully saturated rings. The number of anilines is 2. The number of benzene rings is 1. The SMILES string of the molecule is C=CCNCC(=O)Nc1cc(N(C)C)c2c(c1O)C(O)=C1C(=O)[C@]3(O)C(O)=C(C(N)=O)C(=O)[C@@H](N(C)C)C3CC1C2.Cl.Cl. The molecule has 4 atom stereocenters. The Morgan fingerprint density at radius 2 is 1.79 bits per heavy atom. The molecule has 8 N–H and O–H groups in total. The summed E-state index contributed by atoms with van der Waals surface area (Å²) in [7, 11) is 6.55. The van der Waals surface area contributed by atoms with Gasteiger partial charge in [-0.15, -0.1) is 31.4 Å². The van der Waals surface area contributed by atoms with E-state index in [2.05, 4.69) is 17.2 Å². The first-order chi connectivity index (χ1) is 19.2. The minimum absolute atomic E-state index is 0. The maximum atomic E-state index is 14.0. The molecule has 0 aromatic heterocycles. The van der Waals surface area contributed by atoms with Gasteiger partial charge in [-0.25, -0.2) is 0 Å². The fraction of sp³-hybridized carbons (Fsp3) is 0.429. The molecule has 1 aromatic carbocycles. The zero-order chi connectivity index (χ0) is 30.5. The lowest BCUT2D eigenvalue weighted by molar-refractivity contribution is -0.153. The van der Waals surface area contributed by atoms with Gasteiger partial charge in [-0.1, -0.05) is 6.08 Å². The van der Waals surface area contributed by atoms with Crippen LogP contribution in [0.2, 0.25) is 0 Å². The van der Waals surface area contributed by atoms with Crippen molar-refractivity contribution in [1.29, 1.82) is 0 Å². The molecule has 43 heavy (non-hydrogen) atoms. The Labute approximate surface area is 260 Å². The number of amides is 2. The van der Waals surface area contributed by atoms with Crippen molar-refractivity contribution < 1.29 is 39.6 Å². The lowest BCUT2D eigenvalue weighted by Gasteiger charge is -2.50. The van der Waals surface area contributed by atoms with Gasteiger partial charge in [0.05, 0.1) is 23.8 Å². The molecule has 2 unspecified atom stereocenters. The predicted octanol–water partition coefficient (Wildman–Crippen LogP) is 0.588. The van der Waals surface area contributed by atoms with Gasteiger partial charge in [-0.05, 0) is 44.5 Å². The molecule has 3 aliphatic carbocycles. The Kier molecular flexibility index (Phi) is 10.7. The third-order valence-electron chi connectivity index (χ3n) is 8.03. The first-order valence-electron chi connectivity index (χ1n) is 13.0. The Balaban J connectivity index is 0.00000323. The van der Waals surface area contributed by atoms with Crippen molar-refractivity contribution in [2.45, 2.75) is 24.5 Å². The van der Waals surface area contributed by atoms with Gasteiger partial charge in [0.2, 0.25) is 11.7 Å². The topological polar surface area (TPSA) is 206 Å². The number of aliphatic hydroxyl groups excluding tert-OH is 2. The molecule has 3 aliphatic rings. The second kappa shape index (κ2) is 12.9. The van der Waals surface area contributed by atoms with E-state index in [0.717, 1.165) is 0 Å². The summed E-state index contributed by atoms with van der Waals surface area (Å²) in [5, 5.41) is 50.9. The van der Waals surface area contributed by atoms with Crippen LogP contribution in [-0.2, 0) is 25.6 Å². The van der Waals surface area contributed by atoms with Crippen LogP contribution in [0.3, 0.4) is 0 Å². The third kappa shape index (κ3) is 5.58. The van der Waals surface area contributed by atoms with Gasteiger partial charge in [-0.3, -0.25) is 24.1 Å². The minimum atomic E-state index is -2.73. The van der Waals surface area contributed by atoms with E-state index in [1.165, 1.54) is 4.90 Å². The standard InChI is InChI=1S/C28H35N5O8.2ClH/c1-6-7-30-11-17(34)31-15-10-16(32(2)3)13-8-12-9-14-21(33(4)5)24(37)20(27(29)40)26(39)28(14,41)25(38)18(12)23(36)19(13)22(15)35;;/h6,10,12,14,21,30,35-36,39,41H,1,7-9,11H2,2-5H3,(H2,29,40)(H,31,34);2*1H/t12?,14?,21-,28-;;/m0../s1. The van der Waals surface area contributed by atoms with E-state index in [4.69, 9.17) is 5.73 Å². The van der Waals surface area contributed by atoms with Crippen LogP contribution in [-0.4, -0.2) is 102 Å². The van der Waals surface area contributed by atoms with Crippen LogP contribution in [0.25, 0.3) is 5.76 Å². The van der Waals surface area contributed by atoms with Crippen molar-refractivity contribution in [3.63, 3.8) is 0 Å². The van der Waals surface area contributed by atoms with Crippen LogP contribution < -0.4 is 21.3 Å². The molecule has 15 heteroatoms. The number of carbonyl (C=O) groups excluding carboxylic acids is 4. The number of ketones is 2. The fourth-order valence-electron chi connectivity index (χ4n) is 6.27. The molecule has 13 nitrogen and oxygen atoms in total. The molecule has 0 spiro atoms. The van der Waals surface area contributed by atoms with Crippen LogP contribution in [0, 0.1) is 11.8 Å². The van der Waals surface area contributed by atoms with E-state index in [1.807, 2.05) is 0 Å². The summed E-state index contributed by atoms with van der Waals surface area (Å²) in [5.41, 5.74) is 2.39. The number of aliphatic hydroxyl groups is 3. The highest BCUT2D eigenvalue weighted by Gasteiger charge is 2.64. The van der Waals surface area contributed by atoms with Crippen molar-refractivity contribution in [3.05, 3.63) is 46.8 Å². The number of nitrogens with two attached hydrogens (primary N) is 1. The number of phenols is 1. The average Bonchev–Trinajstić information content (AvgIpc) is 2.87. The van der Waals surface area contributed by atoms with Crippen molar-refractivity contribution in [1.82, 2.24) is 10.2 Å². The second-order valence-electron chi connectivity index (χ2n) is 11.0. The first kappa shape index (κ1) is 35.6. The van der Waals surface area contributed by atoms with Crippen molar-refractivity contribution >= 4 is 65.3 Å². The summed E-state index contributed by atoms with van der Waals surface area (Å²) in [5.74, 6) is -7.85. The minimum Gasteiger partial charge on any atom is -0.508 e. The van der Waals surface area contributed by atoms with Gasteiger partial charge in [0, 0.05) is 37.8 Å². The Hall–Kier alpha value is -3.62. The first-order valence-corrected chi connectivity index (χ1v) is 13.0. The number of Topliss-reactive ketones (excluding diaryl/α,β-unsaturated/α-hetero) is 2. The van der Waals surface area contributed by atoms with E-state index < -0.39 is 69.7 Å². The molecule has 0 bridgehead atoms. The van der Waals surface area contributed by atoms with Gasteiger partial charge >= 0.3 is 0 Å². The number of primary amides is 1. The zero-order valence-corrected chi connectivity index (χ0v) is 25.8. The van der Waals surface area contributed by atoms with Gasteiger partial charge in [-0.2, -0.15) is 0 Å². The van der Waals surface area contributed by atoms with E-state index in [0.29, 0.717) is 17.8 Å². The number of hydrogen-bond acceptors (Lipinski definition) is 11. The molecule has 4 rings (SSSR count). The van der Waals surface area contributed by atoms with Gasteiger partial charge in [0.25, 0.3) is 5.91 Å². The number of aromatic hydroxyl groups is 1. The number of halogens is 2. The molecule has 1 aromatic rings. The smallest absolute Gasteiger partial charge is 0.255 e. The number of rotatable bonds is 8. The number of hydrogen-bond donors (Lipinski definition) is 7. The highest BCUT2D eigenvalue weighted by molar-refractivity contribution is 6.24. The predicted molar refractivity (Wildman–Crippen MR) is 165 cm³/mol. The van der Waals surface area contributed by atoms with Crippen LogP contribution >= 0.6 is 24.8 Å². The normalized spacial score (nSPS) is 24.3. The molecular weight excluding hydrogens is 605 g/mol. The lowest BCUT2D eigenvalue weighted by atomic mass is 9.57. The molecule has 0 aliphatic heterocycles. The van der Waals surface area contributed by atoms with E-state index in [-0.39, 0.29) is 61.0 Å². The summed E-state index contributed by atoms with van der Waals surface area (Å²) in [4.78, 5) is 55.0. The monoisotopic (exact) mass is 641 g/mol. The van der Waals surface area contributed by atoms with E-state index >= 15 is 0 Å². The van der Waals surface area contributed by atoms with Crippen molar-refractivity contribution in [2.75, 3.05) is 51.5 Å². The van der Waals surface area contributed by atoms with Crippen LogP contribution in [0.15, 0.2) is 35.6 Å².